The van der Waals surface area contributed by atoms with Gasteiger partial charge in [0.2, 0.25) is 5.95 Å². The number of nitrogens with zero attached hydrogens (tertiary/aromatic N) is 3. The highest BCUT2D eigenvalue weighted by molar-refractivity contribution is 5.36. The van der Waals surface area contributed by atoms with Crippen LogP contribution >= 0.6 is 0 Å². The maximum atomic E-state index is 9.39. The minimum atomic E-state index is 0.316. The van der Waals surface area contributed by atoms with E-state index in [2.05, 4.69) is 16.4 Å². The van der Waals surface area contributed by atoms with Crippen LogP contribution in [0.15, 0.2) is 6.20 Å². The molecule has 29 heavy (non-hydrogen) atoms. The Hall–Kier alpha value is -1.20. The molecule has 2 N–H and O–H groups in total. The fraction of sp³-hybridized carbons (Fsp3) is 0.833. The lowest BCUT2D eigenvalue weighted by Gasteiger charge is -2.58. The number of nitrogens with one attached hydrogen (secondary N) is 1. The Morgan fingerprint density at radius 2 is 1.72 bits per heavy atom. The molecule has 0 radical (unpaired) electrons. The van der Waals surface area contributed by atoms with Crippen LogP contribution in [0.5, 0.6) is 0 Å². The Balaban J connectivity index is 1.20. The second-order valence-corrected chi connectivity index (χ2v) is 11.0. The number of aliphatic hydroxyl groups is 1. The third kappa shape index (κ3) is 3.38. The monoisotopic (exact) mass is 396 g/mol. The van der Waals surface area contributed by atoms with Crippen molar-refractivity contribution in [1.82, 2.24) is 15.3 Å². The van der Waals surface area contributed by atoms with Crippen LogP contribution in [0.1, 0.15) is 81.5 Å². The number of aliphatic hydroxyl groups excluding tert-OH is 1. The summed E-state index contributed by atoms with van der Waals surface area (Å²) in [7, 11) is 0. The molecule has 1 aromatic heterocycles. The van der Waals surface area contributed by atoms with E-state index in [1.807, 2.05) is 0 Å². The second kappa shape index (κ2) is 7.19. The number of aryl methyl sites for hydroxylation is 1. The van der Waals surface area contributed by atoms with Gasteiger partial charge in [-0.05, 0) is 94.3 Å². The first kappa shape index (κ1) is 18.6. The van der Waals surface area contributed by atoms with Crippen molar-refractivity contribution in [2.45, 2.75) is 82.2 Å². The average molecular weight is 397 g/mol. The normalized spacial score (nSPS) is 39.0. The molecule has 5 nitrogen and oxygen atoms in total. The SMILES string of the molecule is OCC1CCN(c2ncc3c(n2)CCC[C@H]3NC23CC4CC(CC(C4)C2)C3)CC1. The van der Waals surface area contributed by atoms with Crippen molar-refractivity contribution < 1.29 is 5.11 Å². The lowest BCUT2D eigenvalue weighted by atomic mass is 9.53. The van der Waals surface area contributed by atoms with E-state index in [1.54, 1.807) is 0 Å². The quantitative estimate of drug-likeness (QED) is 0.814. The first-order chi connectivity index (χ1) is 14.2. The molecule has 0 unspecified atom stereocenters. The molecular formula is C24H36N4O. The summed E-state index contributed by atoms with van der Waals surface area (Å²) in [6.45, 7) is 2.26. The molecule has 4 bridgehead atoms. The summed E-state index contributed by atoms with van der Waals surface area (Å²) in [6, 6.07) is 0.448. The molecule has 0 aromatic carbocycles. The van der Waals surface area contributed by atoms with Crippen molar-refractivity contribution in [3.05, 3.63) is 17.5 Å². The fourth-order valence-electron chi connectivity index (χ4n) is 7.81. The van der Waals surface area contributed by atoms with Gasteiger partial charge in [0.1, 0.15) is 0 Å². The van der Waals surface area contributed by atoms with Crippen molar-refractivity contribution in [3.63, 3.8) is 0 Å². The van der Waals surface area contributed by atoms with Gasteiger partial charge in [-0.15, -0.1) is 0 Å². The number of piperidine rings is 1. The first-order valence-corrected chi connectivity index (χ1v) is 12.2. The van der Waals surface area contributed by atoms with Gasteiger partial charge in [-0.3, -0.25) is 0 Å². The van der Waals surface area contributed by atoms with E-state index in [1.165, 1.54) is 62.6 Å². The van der Waals surface area contributed by atoms with Crippen LogP contribution in [-0.2, 0) is 6.42 Å². The fourth-order valence-corrected chi connectivity index (χ4v) is 7.81. The van der Waals surface area contributed by atoms with Gasteiger partial charge in [0.05, 0.1) is 5.69 Å². The van der Waals surface area contributed by atoms with Gasteiger partial charge in [-0.2, -0.15) is 0 Å². The van der Waals surface area contributed by atoms with Gasteiger partial charge in [0.15, 0.2) is 0 Å². The molecule has 7 rings (SSSR count). The highest BCUT2D eigenvalue weighted by Gasteiger charge is 2.51. The predicted molar refractivity (Wildman–Crippen MR) is 114 cm³/mol. The van der Waals surface area contributed by atoms with Crippen molar-refractivity contribution in [1.29, 1.82) is 0 Å². The average Bonchev–Trinajstić information content (AvgIpc) is 2.72. The van der Waals surface area contributed by atoms with Gasteiger partial charge in [0.25, 0.3) is 0 Å². The zero-order valence-corrected chi connectivity index (χ0v) is 17.7. The summed E-state index contributed by atoms with van der Waals surface area (Å²) in [5.41, 5.74) is 3.06. The maximum Gasteiger partial charge on any atom is 0.225 e. The number of hydrogen-bond donors (Lipinski definition) is 2. The summed E-state index contributed by atoms with van der Waals surface area (Å²) < 4.78 is 0. The summed E-state index contributed by atoms with van der Waals surface area (Å²) >= 11 is 0. The van der Waals surface area contributed by atoms with Crippen molar-refractivity contribution in [2.75, 3.05) is 24.6 Å². The lowest BCUT2D eigenvalue weighted by Crippen LogP contribution is -2.59. The third-order valence-electron chi connectivity index (χ3n) is 8.84. The summed E-state index contributed by atoms with van der Waals surface area (Å²) in [5, 5.41) is 13.6. The molecule has 1 aliphatic heterocycles. The number of fused-ring (bicyclic) bond motifs is 1. The van der Waals surface area contributed by atoms with Crippen LogP contribution in [0.3, 0.4) is 0 Å². The molecule has 0 spiro atoms. The topological polar surface area (TPSA) is 61.3 Å². The zero-order chi connectivity index (χ0) is 19.4. The highest BCUT2D eigenvalue weighted by Crippen LogP contribution is 2.56. The van der Waals surface area contributed by atoms with E-state index >= 15 is 0 Å². The first-order valence-electron chi connectivity index (χ1n) is 12.2. The van der Waals surface area contributed by atoms with Crippen LogP contribution < -0.4 is 10.2 Å². The minimum Gasteiger partial charge on any atom is -0.396 e. The van der Waals surface area contributed by atoms with Crippen LogP contribution in [0.2, 0.25) is 0 Å². The van der Waals surface area contributed by atoms with Gasteiger partial charge >= 0.3 is 0 Å². The van der Waals surface area contributed by atoms with E-state index in [-0.39, 0.29) is 0 Å². The standard InChI is InChI=1S/C24H36N4O/c29-15-16-4-6-28(7-5-16)23-25-14-20-21(26-23)2-1-3-22(20)27-24-11-17-8-18(12-24)10-19(9-17)13-24/h14,16-19,22,27,29H,1-13,15H2/t17?,18?,19?,22-,24?/m1/s1. The summed E-state index contributed by atoms with van der Waals surface area (Å²) in [5.74, 6) is 4.32. The van der Waals surface area contributed by atoms with Crippen LogP contribution in [0, 0.1) is 23.7 Å². The van der Waals surface area contributed by atoms with E-state index in [9.17, 15) is 5.11 Å². The number of hydrogen-bond acceptors (Lipinski definition) is 5. The molecule has 6 aliphatic rings. The molecule has 4 saturated carbocycles. The molecule has 1 atom stereocenters. The number of aromatic nitrogens is 2. The van der Waals surface area contributed by atoms with Gasteiger partial charge in [-0.25, -0.2) is 9.97 Å². The van der Waals surface area contributed by atoms with Crippen molar-refractivity contribution in [3.8, 4) is 0 Å². The van der Waals surface area contributed by atoms with Gasteiger partial charge in [0, 0.05) is 43.0 Å². The van der Waals surface area contributed by atoms with E-state index in [0.717, 1.165) is 56.1 Å². The van der Waals surface area contributed by atoms with E-state index < -0.39 is 0 Å². The third-order valence-corrected chi connectivity index (χ3v) is 8.84. The van der Waals surface area contributed by atoms with Gasteiger partial charge < -0.3 is 15.3 Å². The van der Waals surface area contributed by atoms with E-state index in [0.29, 0.717) is 24.1 Å². The molecule has 158 valence electrons. The predicted octanol–water partition coefficient (Wildman–Crippen LogP) is 3.62. The maximum absolute atomic E-state index is 9.39. The lowest BCUT2D eigenvalue weighted by molar-refractivity contribution is -0.0265. The summed E-state index contributed by atoms with van der Waals surface area (Å²) in [4.78, 5) is 12.2. The van der Waals surface area contributed by atoms with Crippen LogP contribution in [-0.4, -0.2) is 40.3 Å². The Labute approximate surface area is 174 Å². The molecular weight excluding hydrogens is 360 g/mol. The zero-order valence-electron chi connectivity index (χ0n) is 17.7. The van der Waals surface area contributed by atoms with Gasteiger partial charge in [-0.1, -0.05) is 0 Å². The molecule has 1 saturated heterocycles. The Morgan fingerprint density at radius 1 is 1.03 bits per heavy atom. The molecule has 0 amide bonds. The van der Waals surface area contributed by atoms with Crippen LogP contribution in [0.4, 0.5) is 5.95 Å². The highest BCUT2D eigenvalue weighted by atomic mass is 16.3. The summed E-state index contributed by atoms with van der Waals surface area (Å²) in [6.07, 6.45) is 16.5. The molecule has 5 fully saturated rings. The number of anilines is 1. The molecule has 1 aromatic rings. The Bertz CT molecular complexity index is 722. The van der Waals surface area contributed by atoms with Crippen LogP contribution in [0.25, 0.3) is 0 Å². The van der Waals surface area contributed by atoms with Crippen molar-refractivity contribution >= 4 is 5.95 Å². The molecule has 5 heteroatoms. The minimum absolute atomic E-state index is 0.316. The Morgan fingerprint density at radius 3 is 2.38 bits per heavy atom. The second-order valence-electron chi connectivity index (χ2n) is 11.0. The number of rotatable bonds is 4. The molecule has 5 aliphatic carbocycles. The smallest absolute Gasteiger partial charge is 0.225 e. The van der Waals surface area contributed by atoms with E-state index in [4.69, 9.17) is 9.97 Å². The van der Waals surface area contributed by atoms with Crippen molar-refractivity contribution in [2.24, 2.45) is 23.7 Å². The molecule has 2 heterocycles. The largest absolute Gasteiger partial charge is 0.396 e. The Kier molecular flexibility index (Phi) is 4.60.